The Morgan fingerprint density at radius 3 is 2.52 bits per heavy atom. The number of benzene rings is 1. The summed E-state index contributed by atoms with van der Waals surface area (Å²) < 4.78 is 12.6. The normalized spacial score (nSPS) is 16.0. The molecule has 1 aliphatic heterocycles. The van der Waals surface area contributed by atoms with Gasteiger partial charge in [-0.2, -0.15) is 0 Å². The van der Waals surface area contributed by atoms with Crippen LogP contribution in [0.15, 0.2) is 29.2 Å². The standard InChI is InChI=1S/C25H35N3O5/c1-6-32-22(30)25(11-14-27(15-12-25)23(31)33-24(3,4)5)10-7-13-28-20-16-18(2)8-9-19(20)26-17-21(28)29/h8-9,16-17H,6-7,10-15H2,1-5H3. The molecule has 2 heterocycles. The Kier molecular flexibility index (Phi) is 7.44. The number of piperidine rings is 1. The maximum Gasteiger partial charge on any atom is 0.410 e. The summed E-state index contributed by atoms with van der Waals surface area (Å²) in [6.07, 6.45) is 3.23. The quantitative estimate of drug-likeness (QED) is 0.608. The van der Waals surface area contributed by atoms with E-state index in [1.165, 1.54) is 6.20 Å². The van der Waals surface area contributed by atoms with Gasteiger partial charge in [-0.25, -0.2) is 9.78 Å². The van der Waals surface area contributed by atoms with Crippen molar-refractivity contribution in [3.63, 3.8) is 0 Å². The molecule has 8 nitrogen and oxygen atoms in total. The Bertz CT molecular complexity index is 1060. The molecule has 0 spiro atoms. The molecule has 0 saturated carbocycles. The van der Waals surface area contributed by atoms with Gasteiger partial charge in [0.15, 0.2) is 0 Å². The van der Waals surface area contributed by atoms with Crippen LogP contribution in [-0.4, -0.2) is 51.8 Å². The Balaban J connectivity index is 1.73. The summed E-state index contributed by atoms with van der Waals surface area (Å²) in [6, 6.07) is 5.84. The van der Waals surface area contributed by atoms with Gasteiger partial charge in [0.1, 0.15) is 5.60 Å². The zero-order valence-electron chi connectivity index (χ0n) is 20.3. The largest absolute Gasteiger partial charge is 0.466 e. The SMILES string of the molecule is CCOC(=O)C1(CCCn2c(=O)cnc3ccc(C)cc32)CCN(C(=O)OC(C)(C)C)CC1. The van der Waals surface area contributed by atoms with Crippen LogP contribution in [0.2, 0.25) is 0 Å². The molecular weight excluding hydrogens is 422 g/mol. The predicted octanol–water partition coefficient (Wildman–Crippen LogP) is 4.07. The van der Waals surface area contributed by atoms with Crippen molar-refractivity contribution in [2.45, 2.75) is 72.4 Å². The van der Waals surface area contributed by atoms with E-state index in [1.807, 2.05) is 45.9 Å². The van der Waals surface area contributed by atoms with Gasteiger partial charge in [-0.3, -0.25) is 9.59 Å². The van der Waals surface area contributed by atoms with Crippen molar-refractivity contribution in [3.8, 4) is 0 Å². The van der Waals surface area contributed by atoms with Crippen molar-refractivity contribution in [3.05, 3.63) is 40.3 Å². The van der Waals surface area contributed by atoms with Crippen LogP contribution in [0.1, 0.15) is 58.9 Å². The first-order valence-electron chi connectivity index (χ1n) is 11.7. The lowest BCUT2D eigenvalue weighted by Crippen LogP contribution is -2.48. The highest BCUT2D eigenvalue weighted by Crippen LogP contribution is 2.38. The van der Waals surface area contributed by atoms with Gasteiger partial charge < -0.3 is 18.9 Å². The molecule has 0 bridgehead atoms. The topological polar surface area (TPSA) is 90.7 Å². The highest BCUT2D eigenvalue weighted by molar-refractivity contribution is 5.78. The Morgan fingerprint density at radius 1 is 1.18 bits per heavy atom. The maximum atomic E-state index is 13.0. The van der Waals surface area contributed by atoms with Crippen molar-refractivity contribution in [1.82, 2.24) is 14.5 Å². The number of fused-ring (bicyclic) bond motifs is 1. The molecule has 1 fully saturated rings. The smallest absolute Gasteiger partial charge is 0.410 e. The number of esters is 1. The van der Waals surface area contributed by atoms with Gasteiger partial charge in [0.05, 0.1) is 29.3 Å². The Labute approximate surface area is 194 Å². The van der Waals surface area contributed by atoms with Crippen molar-refractivity contribution < 1.29 is 19.1 Å². The molecule has 8 heteroatoms. The lowest BCUT2D eigenvalue weighted by Gasteiger charge is -2.40. The third-order valence-corrected chi connectivity index (χ3v) is 6.12. The summed E-state index contributed by atoms with van der Waals surface area (Å²) in [4.78, 5) is 43.8. The first kappa shape index (κ1) is 24.7. The van der Waals surface area contributed by atoms with Gasteiger partial charge in [-0.15, -0.1) is 0 Å². The van der Waals surface area contributed by atoms with Gasteiger partial charge in [-0.1, -0.05) is 6.07 Å². The predicted molar refractivity (Wildman–Crippen MR) is 126 cm³/mol. The van der Waals surface area contributed by atoms with E-state index in [4.69, 9.17) is 9.47 Å². The summed E-state index contributed by atoms with van der Waals surface area (Å²) in [5.41, 5.74) is 1.24. The van der Waals surface area contributed by atoms with E-state index in [1.54, 1.807) is 16.4 Å². The summed E-state index contributed by atoms with van der Waals surface area (Å²) in [5.74, 6) is -0.225. The van der Waals surface area contributed by atoms with Crippen LogP contribution in [0.25, 0.3) is 11.0 Å². The molecule has 1 aromatic heterocycles. The van der Waals surface area contributed by atoms with E-state index in [2.05, 4.69) is 4.98 Å². The number of carbonyl (C=O) groups is 2. The molecular formula is C25H35N3O5. The zero-order valence-corrected chi connectivity index (χ0v) is 20.3. The molecule has 3 rings (SSSR count). The molecule has 1 saturated heterocycles. The van der Waals surface area contributed by atoms with Crippen molar-refractivity contribution in [1.29, 1.82) is 0 Å². The van der Waals surface area contributed by atoms with E-state index in [-0.39, 0.29) is 17.6 Å². The second kappa shape index (κ2) is 9.93. The minimum atomic E-state index is -0.670. The molecule has 1 aliphatic rings. The first-order chi connectivity index (χ1) is 15.5. The fourth-order valence-corrected chi connectivity index (χ4v) is 4.36. The lowest BCUT2D eigenvalue weighted by atomic mass is 9.74. The van der Waals surface area contributed by atoms with Crippen LogP contribution in [0.5, 0.6) is 0 Å². The fourth-order valence-electron chi connectivity index (χ4n) is 4.36. The van der Waals surface area contributed by atoms with E-state index in [9.17, 15) is 14.4 Å². The lowest BCUT2D eigenvalue weighted by molar-refractivity contribution is -0.159. The van der Waals surface area contributed by atoms with Crippen LogP contribution in [0.3, 0.4) is 0 Å². The molecule has 0 radical (unpaired) electrons. The van der Waals surface area contributed by atoms with E-state index >= 15 is 0 Å². The van der Waals surface area contributed by atoms with Gasteiger partial charge in [0.2, 0.25) is 0 Å². The Morgan fingerprint density at radius 2 is 1.88 bits per heavy atom. The molecule has 0 atom stereocenters. The number of aromatic nitrogens is 2. The monoisotopic (exact) mass is 457 g/mol. The van der Waals surface area contributed by atoms with Gasteiger partial charge in [0, 0.05) is 19.6 Å². The minimum Gasteiger partial charge on any atom is -0.466 e. The highest BCUT2D eigenvalue weighted by atomic mass is 16.6. The number of amides is 1. The maximum absolute atomic E-state index is 13.0. The molecule has 1 aromatic carbocycles. The Hall–Kier alpha value is -2.90. The van der Waals surface area contributed by atoms with Crippen LogP contribution in [0.4, 0.5) is 4.79 Å². The third-order valence-electron chi connectivity index (χ3n) is 6.12. The number of rotatable bonds is 6. The molecule has 1 amide bonds. The fraction of sp³-hybridized carbons (Fsp3) is 0.600. The molecule has 2 aromatic rings. The number of hydrogen-bond acceptors (Lipinski definition) is 6. The number of ether oxygens (including phenoxy) is 2. The molecule has 0 unspecified atom stereocenters. The third kappa shape index (κ3) is 5.92. The second-order valence-electron chi connectivity index (χ2n) is 9.81. The van der Waals surface area contributed by atoms with Crippen molar-refractivity contribution >= 4 is 23.1 Å². The van der Waals surface area contributed by atoms with Gasteiger partial charge in [-0.05, 0) is 78.0 Å². The van der Waals surface area contributed by atoms with Gasteiger partial charge >= 0.3 is 12.1 Å². The average Bonchev–Trinajstić information content (AvgIpc) is 2.74. The summed E-state index contributed by atoms with van der Waals surface area (Å²) in [5, 5.41) is 0. The summed E-state index contributed by atoms with van der Waals surface area (Å²) >= 11 is 0. The zero-order chi connectivity index (χ0) is 24.2. The molecule has 180 valence electrons. The molecule has 0 N–H and O–H groups in total. The van der Waals surface area contributed by atoms with Crippen molar-refractivity contribution in [2.24, 2.45) is 5.41 Å². The second-order valence-corrected chi connectivity index (χ2v) is 9.81. The van der Waals surface area contributed by atoms with Gasteiger partial charge in [0.25, 0.3) is 5.56 Å². The van der Waals surface area contributed by atoms with E-state index in [0.717, 1.165) is 16.6 Å². The summed E-state index contributed by atoms with van der Waals surface area (Å²) in [6.45, 7) is 11.0. The van der Waals surface area contributed by atoms with Crippen LogP contribution < -0.4 is 5.56 Å². The highest BCUT2D eigenvalue weighted by Gasteiger charge is 2.43. The van der Waals surface area contributed by atoms with Crippen LogP contribution in [-0.2, 0) is 20.8 Å². The molecule has 0 aliphatic carbocycles. The first-order valence-corrected chi connectivity index (χ1v) is 11.7. The van der Waals surface area contributed by atoms with Crippen LogP contribution in [0, 0.1) is 12.3 Å². The number of carbonyl (C=O) groups excluding carboxylic acids is 2. The summed E-state index contributed by atoms with van der Waals surface area (Å²) in [7, 11) is 0. The number of likely N-dealkylation sites (tertiary alicyclic amines) is 1. The van der Waals surface area contributed by atoms with Crippen LogP contribution >= 0.6 is 0 Å². The number of aryl methyl sites for hydroxylation is 2. The van der Waals surface area contributed by atoms with Crippen molar-refractivity contribution in [2.75, 3.05) is 19.7 Å². The average molecular weight is 458 g/mol. The van der Waals surface area contributed by atoms with E-state index < -0.39 is 11.0 Å². The molecule has 33 heavy (non-hydrogen) atoms. The number of hydrogen-bond donors (Lipinski definition) is 0. The minimum absolute atomic E-state index is 0.155. The number of nitrogens with zero attached hydrogens (tertiary/aromatic N) is 3. The van der Waals surface area contributed by atoms with E-state index in [0.29, 0.717) is 51.9 Å².